The summed E-state index contributed by atoms with van der Waals surface area (Å²) in [6.45, 7) is 4.39. The van der Waals surface area contributed by atoms with E-state index in [1.165, 1.54) is 5.56 Å². The number of benzene rings is 2. The van der Waals surface area contributed by atoms with Crippen LogP contribution in [0.25, 0.3) is 17.1 Å². The van der Waals surface area contributed by atoms with Crippen molar-refractivity contribution in [3.63, 3.8) is 0 Å². The zero-order chi connectivity index (χ0) is 20.2. The lowest BCUT2D eigenvalue weighted by Gasteiger charge is -2.09. The van der Waals surface area contributed by atoms with Gasteiger partial charge >= 0.3 is 0 Å². The minimum Gasteiger partial charge on any atom is -0.497 e. The standard InChI is InChI=1S/C22H22N4O2S/c1-15(2)16-4-8-18(9-5-16)26-13-12-23-22(26)29-14-20-24-25-21(28-20)17-6-10-19(27-3)11-7-17/h4-13,15H,14H2,1-3H3. The van der Waals surface area contributed by atoms with Gasteiger partial charge in [-0.1, -0.05) is 37.7 Å². The Kier molecular flexibility index (Phi) is 5.67. The molecule has 0 spiro atoms. The summed E-state index contributed by atoms with van der Waals surface area (Å²) < 4.78 is 13.0. The Labute approximate surface area is 174 Å². The first-order valence-corrected chi connectivity index (χ1v) is 10.4. The number of methoxy groups -OCH3 is 1. The first kappa shape index (κ1) is 19.3. The minimum absolute atomic E-state index is 0.496. The monoisotopic (exact) mass is 406 g/mol. The molecular weight excluding hydrogens is 384 g/mol. The van der Waals surface area contributed by atoms with E-state index in [9.17, 15) is 0 Å². The van der Waals surface area contributed by atoms with Crippen molar-refractivity contribution < 1.29 is 9.15 Å². The molecule has 0 atom stereocenters. The number of rotatable bonds is 7. The molecule has 0 saturated heterocycles. The van der Waals surface area contributed by atoms with Crippen LogP contribution in [0.3, 0.4) is 0 Å². The zero-order valence-corrected chi connectivity index (χ0v) is 17.4. The largest absolute Gasteiger partial charge is 0.497 e. The van der Waals surface area contributed by atoms with Gasteiger partial charge in [-0.25, -0.2) is 4.98 Å². The molecule has 0 aliphatic rings. The average Bonchev–Trinajstić information content (AvgIpc) is 3.42. The zero-order valence-electron chi connectivity index (χ0n) is 16.6. The number of hydrogen-bond donors (Lipinski definition) is 0. The lowest BCUT2D eigenvalue weighted by atomic mass is 10.0. The summed E-state index contributed by atoms with van der Waals surface area (Å²) in [5.41, 5.74) is 3.26. The lowest BCUT2D eigenvalue weighted by molar-refractivity contribution is 0.415. The maximum atomic E-state index is 5.81. The summed E-state index contributed by atoms with van der Waals surface area (Å²) in [6.07, 6.45) is 3.76. The maximum Gasteiger partial charge on any atom is 0.247 e. The molecule has 0 aliphatic carbocycles. The quantitative estimate of drug-likeness (QED) is 0.386. The van der Waals surface area contributed by atoms with Gasteiger partial charge in [-0.3, -0.25) is 4.57 Å². The predicted molar refractivity (Wildman–Crippen MR) is 114 cm³/mol. The molecule has 2 aromatic heterocycles. The summed E-state index contributed by atoms with van der Waals surface area (Å²) >= 11 is 1.56. The van der Waals surface area contributed by atoms with Crippen molar-refractivity contribution in [3.05, 3.63) is 72.4 Å². The van der Waals surface area contributed by atoms with Crippen molar-refractivity contribution in [1.82, 2.24) is 19.7 Å². The predicted octanol–water partition coefficient (Wildman–Crippen LogP) is 5.35. The molecular formula is C22H22N4O2S. The molecule has 2 aromatic carbocycles. The Bertz CT molecular complexity index is 1070. The Hall–Kier alpha value is -3.06. The molecule has 6 nitrogen and oxygen atoms in total. The third-order valence-corrected chi connectivity index (χ3v) is 5.52. The molecule has 4 rings (SSSR count). The van der Waals surface area contributed by atoms with Crippen LogP contribution >= 0.6 is 11.8 Å². The first-order valence-electron chi connectivity index (χ1n) is 9.37. The molecule has 148 valence electrons. The second-order valence-corrected chi connectivity index (χ2v) is 7.79. The highest BCUT2D eigenvalue weighted by molar-refractivity contribution is 7.98. The van der Waals surface area contributed by atoms with Crippen LogP contribution in [-0.2, 0) is 5.75 Å². The molecule has 7 heteroatoms. The van der Waals surface area contributed by atoms with Gasteiger partial charge in [0.15, 0.2) is 5.16 Å². The van der Waals surface area contributed by atoms with Gasteiger partial charge in [0.25, 0.3) is 0 Å². The highest BCUT2D eigenvalue weighted by atomic mass is 32.2. The van der Waals surface area contributed by atoms with E-state index >= 15 is 0 Å². The summed E-state index contributed by atoms with van der Waals surface area (Å²) in [4.78, 5) is 4.47. The molecule has 4 aromatic rings. The van der Waals surface area contributed by atoms with Crippen LogP contribution < -0.4 is 4.74 Å². The van der Waals surface area contributed by atoms with Gasteiger partial charge < -0.3 is 9.15 Å². The van der Waals surface area contributed by atoms with E-state index < -0.39 is 0 Å². The van der Waals surface area contributed by atoms with Gasteiger partial charge in [-0.15, -0.1) is 10.2 Å². The second kappa shape index (κ2) is 8.53. The van der Waals surface area contributed by atoms with Crippen LogP contribution in [0.15, 0.2) is 70.5 Å². The number of nitrogens with zero attached hydrogens (tertiary/aromatic N) is 4. The molecule has 0 amide bonds. The fourth-order valence-electron chi connectivity index (χ4n) is 2.90. The molecule has 0 N–H and O–H groups in total. The summed E-state index contributed by atoms with van der Waals surface area (Å²) in [6, 6.07) is 16.1. The van der Waals surface area contributed by atoms with Gasteiger partial charge in [0.2, 0.25) is 11.8 Å². The van der Waals surface area contributed by atoms with Crippen molar-refractivity contribution in [2.24, 2.45) is 0 Å². The molecule has 0 bridgehead atoms. The summed E-state index contributed by atoms with van der Waals surface area (Å²) in [7, 11) is 1.64. The highest BCUT2D eigenvalue weighted by Crippen LogP contribution is 2.27. The van der Waals surface area contributed by atoms with Gasteiger partial charge in [-0.05, 0) is 47.9 Å². The average molecular weight is 407 g/mol. The number of ether oxygens (including phenoxy) is 1. The molecule has 0 unspecified atom stereocenters. The maximum absolute atomic E-state index is 5.81. The van der Waals surface area contributed by atoms with Crippen LogP contribution in [0.1, 0.15) is 31.2 Å². The van der Waals surface area contributed by atoms with E-state index in [2.05, 4.69) is 57.9 Å². The number of thioether (sulfide) groups is 1. The molecule has 0 saturated carbocycles. The summed E-state index contributed by atoms with van der Waals surface area (Å²) in [5, 5.41) is 9.19. The summed E-state index contributed by atoms with van der Waals surface area (Å²) in [5.74, 6) is 2.90. The van der Waals surface area contributed by atoms with Crippen molar-refractivity contribution in [3.8, 4) is 22.9 Å². The van der Waals surface area contributed by atoms with Crippen LogP contribution in [0.5, 0.6) is 5.75 Å². The topological polar surface area (TPSA) is 66.0 Å². The number of imidazole rings is 1. The fraction of sp³-hybridized carbons (Fsp3) is 0.227. The van der Waals surface area contributed by atoms with Crippen molar-refractivity contribution in [1.29, 1.82) is 0 Å². The Balaban J connectivity index is 1.45. The highest BCUT2D eigenvalue weighted by Gasteiger charge is 2.12. The smallest absolute Gasteiger partial charge is 0.247 e. The molecule has 2 heterocycles. The van der Waals surface area contributed by atoms with E-state index in [1.807, 2.05) is 30.5 Å². The van der Waals surface area contributed by atoms with Crippen LogP contribution in [0.4, 0.5) is 0 Å². The molecule has 0 fully saturated rings. The van der Waals surface area contributed by atoms with Crippen LogP contribution in [0, 0.1) is 0 Å². The van der Waals surface area contributed by atoms with E-state index in [0.717, 1.165) is 22.2 Å². The van der Waals surface area contributed by atoms with E-state index in [4.69, 9.17) is 9.15 Å². The minimum atomic E-state index is 0.496. The molecule has 0 aliphatic heterocycles. The van der Waals surface area contributed by atoms with Gasteiger partial charge in [-0.2, -0.15) is 0 Å². The normalized spacial score (nSPS) is 11.2. The lowest BCUT2D eigenvalue weighted by Crippen LogP contribution is -1.96. The Morgan fingerprint density at radius 2 is 1.79 bits per heavy atom. The van der Waals surface area contributed by atoms with Gasteiger partial charge in [0.1, 0.15) is 5.75 Å². The van der Waals surface area contributed by atoms with Crippen LogP contribution in [-0.4, -0.2) is 26.9 Å². The third kappa shape index (κ3) is 4.35. The number of aromatic nitrogens is 4. The fourth-order valence-corrected chi connectivity index (χ4v) is 3.71. The van der Waals surface area contributed by atoms with E-state index in [-0.39, 0.29) is 0 Å². The molecule has 0 radical (unpaired) electrons. The second-order valence-electron chi connectivity index (χ2n) is 6.84. The third-order valence-electron chi connectivity index (χ3n) is 4.57. The van der Waals surface area contributed by atoms with Crippen molar-refractivity contribution in [2.75, 3.05) is 7.11 Å². The SMILES string of the molecule is COc1ccc(-c2nnc(CSc3nccn3-c3ccc(C(C)C)cc3)o2)cc1. The van der Waals surface area contributed by atoms with Gasteiger partial charge in [0, 0.05) is 23.6 Å². The Morgan fingerprint density at radius 1 is 1.03 bits per heavy atom. The van der Waals surface area contributed by atoms with E-state index in [0.29, 0.717) is 23.5 Å². The van der Waals surface area contributed by atoms with Crippen molar-refractivity contribution in [2.45, 2.75) is 30.7 Å². The first-order chi connectivity index (χ1) is 14.1. The number of hydrogen-bond acceptors (Lipinski definition) is 6. The van der Waals surface area contributed by atoms with Gasteiger partial charge in [0.05, 0.1) is 12.9 Å². The van der Waals surface area contributed by atoms with Crippen molar-refractivity contribution >= 4 is 11.8 Å². The Morgan fingerprint density at radius 3 is 2.48 bits per heavy atom. The van der Waals surface area contributed by atoms with E-state index in [1.54, 1.807) is 25.1 Å². The van der Waals surface area contributed by atoms with Crippen LogP contribution in [0.2, 0.25) is 0 Å². The molecule has 29 heavy (non-hydrogen) atoms.